The minimum Gasteiger partial charge on any atom is -0.508 e. The van der Waals surface area contributed by atoms with Crippen molar-refractivity contribution >= 4 is 46.4 Å². The van der Waals surface area contributed by atoms with Crippen molar-refractivity contribution in [1.29, 1.82) is 0 Å². The van der Waals surface area contributed by atoms with E-state index in [0.717, 1.165) is 98.4 Å². The van der Waals surface area contributed by atoms with E-state index in [-0.39, 0.29) is 41.6 Å². The molecule has 2 saturated heterocycles. The highest BCUT2D eigenvalue weighted by Crippen LogP contribution is 2.41. The zero-order valence-electron chi connectivity index (χ0n) is 41.9. The lowest BCUT2D eigenvalue weighted by Crippen LogP contribution is -2.48. The fourth-order valence-corrected chi connectivity index (χ4v) is 10.9. The van der Waals surface area contributed by atoms with E-state index in [0.29, 0.717) is 45.8 Å². The van der Waals surface area contributed by atoms with Crippen molar-refractivity contribution in [3.05, 3.63) is 116 Å². The van der Waals surface area contributed by atoms with Crippen LogP contribution in [0, 0.1) is 26.7 Å². The molecule has 9 rings (SSSR count). The fraction of sp³-hybridized carbons (Fsp3) is 0.423. The lowest BCUT2D eigenvalue weighted by atomic mass is 9.95. The van der Waals surface area contributed by atoms with Gasteiger partial charge in [0.15, 0.2) is 11.6 Å². The van der Waals surface area contributed by atoms with Crippen LogP contribution in [-0.4, -0.2) is 141 Å². The number of nitrogens with one attached hydrogen (secondary N) is 1. The van der Waals surface area contributed by atoms with E-state index in [1.807, 2.05) is 69.0 Å². The molecule has 74 heavy (non-hydrogen) atoms. The van der Waals surface area contributed by atoms with E-state index >= 15 is 0 Å². The molecule has 6 heterocycles. The molecule has 1 atom stereocenters. The van der Waals surface area contributed by atoms with Gasteiger partial charge >= 0.3 is 12.1 Å². The van der Waals surface area contributed by atoms with Crippen molar-refractivity contribution < 1.29 is 42.9 Å². The molecule has 3 aliphatic heterocycles. The molecule has 2 fully saturated rings. The zero-order chi connectivity index (χ0) is 53.2. The molecule has 0 radical (unpaired) electrons. The number of aliphatic carboxylic acids is 1. The van der Waals surface area contributed by atoms with Crippen LogP contribution in [0.1, 0.15) is 101 Å². The molecular formula is C52H59ClF3N11O6S. The number of phenolic OH excluding ortho intramolecular Hbond substituents is 2. The maximum absolute atomic E-state index is 14.1. The van der Waals surface area contributed by atoms with Gasteiger partial charge in [-0.1, -0.05) is 42.8 Å². The normalized spacial score (nSPS) is 16.5. The Labute approximate surface area is 435 Å². The smallest absolute Gasteiger partial charge is 0.490 e. The molecule has 4 N–H and O–H groups in total. The van der Waals surface area contributed by atoms with Gasteiger partial charge in [-0.05, 0) is 107 Å². The van der Waals surface area contributed by atoms with Crippen molar-refractivity contribution in [1.82, 2.24) is 49.5 Å². The highest BCUT2D eigenvalue weighted by atomic mass is 35.5. The summed E-state index contributed by atoms with van der Waals surface area (Å²) in [5, 5.41) is 50.7. The SMILES string of the molecule is CCc1cc(-c2nnc(C(=O)NC(C)C)n2-c2ccc(CN3CCN(CC4CCN(C(=O)C[C@@H]5N=C(c6ccc(Cl)cc6)c6c(sc(C)c6C)-n6c(C)nnc65)CC4)CC3)cc2)c(O)cc1O.O=C(O)C(F)(F)F. The van der Waals surface area contributed by atoms with E-state index in [9.17, 15) is 33.0 Å². The van der Waals surface area contributed by atoms with Gasteiger partial charge in [-0.3, -0.25) is 28.6 Å². The number of aliphatic imine (C=N–C) groups is 1. The summed E-state index contributed by atoms with van der Waals surface area (Å²) in [4.78, 5) is 49.9. The largest absolute Gasteiger partial charge is 0.508 e. The Bertz CT molecular complexity index is 3050. The molecule has 2 amide bonds. The predicted octanol–water partition coefficient (Wildman–Crippen LogP) is 8.24. The van der Waals surface area contributed by atoms with Crippen LogP contribution in [0.2, 0.25) is 5.02 Å². The first-order valence-corrected chi connectivity index (χ1v) is 25.7. The van der Waals surface area contributed by atoms with E-state index in [1.54, 1.807) is 22.0 Å². The number of carbonyl (C=O) groups is 3. The Kier molecular flexibility index (Phi) is 16.2. The van der Waals surface area contributed by atoms with Crippen molar-refractivity contribution in [2.75, 3.05) is 45.8 Å². The van der Waals surface area contributed by atoms with Crippen molar-refractivity contribution in [3.63, 3.8) is 0 Å². The number of alkyl halides is 3. The molecule has 3 aromatic heterocycles. The Morgan fingerprint density at radius 2 is 1.50 bits per heavy atom. The average molecular weight is 1060 g/mol. The number of rotatable bonds is 12. The summed E-state index contributed by atoms with van der Waals surface area (Å²) >= 11 is 8.01. The second-order valence-electron chi connectivity index (χ2n) is 19.1. The summed E-state index contributed by atoms with van der Waals surface area (Å²) in [6, 6.07) is 18.2. The van der Waals surface area contributed by atoms with Gasteiger partial charge in [0, 0.05) is 91.2 Å². The number of aromatic nitrogens is 6. The monoisotopic (exact) mass is 1060 g/mol. The number of aromatic hydroxyl groups is 2. The molecule has 0 bridgehead atoms. The number of thiophene rings is 1. The summed E-state index contributed by atoms with van der Waals surface area (Å²) in [6.07, 6.45) is -2.38. The number of aryl methyl sites for hydroxylation is 3. The molecule has 3 aromatic carbocycles. The average Bonchev–Trinajstić information content (AvgIpc) is 4.03. The van der Waals surface area contributed by atoms with Gasteiger partial charge < -0.3 is 30.4 Å². The molecule has 0 aliphatic carbocycles. The number of halogens is 4. The third-order valence-electron chi connectivity index (χ3n) is 13.6. The van der Waals surface area contributed by atoms with Crippen LogP contribution >= 0.6 is 22.9 Å². The molecule has 17 nitrogen and oxygen atoms in total. The summed E-state index contributed by atoms with van der Waals surface area (Å²) in [5.74, 6) is -0.777. The van der Waals surface area contributed by atoms with Crippen molar-refractivity contribution in [3.8, 4) is 33.6 Å². The van der Waals surface area contributed by atoms with Crippen LogP contribution in [-0.2, 0) is 22.6 Å². The van der Waals surface area contributed by atoms with Gasteiger partial charge in [0.1, 0.15) is 28.4 Å². The molecule has 22 heteroatoms. The fourth-order valence-electron chi connectivity index (χ4n) is 9.56. The zero-order valence-corrected chi connectivity index (χ0v) is 43.5. The quantitative estimate of drug-likeness (QED) is 0.0915. The van der Waals surface area contributed by atoms with Gasteiger partial charge in [-0.15, -0.1) is 31.7 Å². The number of phenols is 2. The second kappa shape index (κ2) is 22.4. The van der Waals surface area contributed by atoms with Gasteiger partial charge in [0.05, 0.1) is 17.7 Å². The lowest BCUT2D eigenvalue weighted by Gasteiger charge is -2.39. The maximum Gasteiger partial charge on any atom is 0.490 e. The Hall–Kier alpha value is -6.68. The molecule has 6 aromatic rings. The molecule has 392 valence electrons. The third-order valence-corrected chi connectivity index (χ3v) is 15.1. The van der Waals surface area contributed by atoms with Crippen LogP contribution in [0.15, 0.2) is 65.7 Å². The molecule has 3 aliphatic rings. The minimum absolute atomic E-state index is 0.000543. The summed E-state index contributed by atoms with van der Waals surface area (Å²) in [6.45, 7) is 19.0. The highest BCUT2D eigenvalue weighted by Gasteiger charge is 2.38. The van der Waals surface area contributed by atoms with Crippen LogP contribution in [0.4, 0.5) is 13.2 Å². The first kappa shape index (κ1) is 53.6. The number of carboxylic acid groups (broad SMARTS) is 1. The predicted molar refractivity (Wildman–Crippen MR) is 275 cm³/mol. The van der Waals surface area contributed by atoms with Crippen LogP contribution < -0.4 is 5.32 Å². The summed E-state index contributed by atoms with van der Waals surface area (Å²) in [7, 11) is 0. The first-order valence-electron chi connectivity index (χ1n) is 24.5. The standard InChI is InChI=1S/C50H58ClN11O4S.C2HF3O2/c1-7-35-24-39(42(64)26-41(35)63)46-55-57-48(49(66)52-29(2)3)62(46)38-14-8-33(9-15-38)27-58-20-22-59(23-21-58)28-34-16-18-60(19-17-34)43(65)25-40-47-56-54-32(6)61(47)50-44(30(4)31(5)67-50)45(53-40)36-10-12-37(51)13-11-36;3-2(4,5)1(6)7/h8-15,24,26,29,34,40,63-64H,7,16-23,25,27-28H2,1-6H3,(H,52,66);(H,6,7)/t40-;/m0./s1. The number of nitrogens with zero attached hydrogens (tertiary/aromatic N) is 10. The minimum atomic E-state index is -5.08. The van der Waals surface area contributed by atoms with E-state index in [2.05, 4.69) is 66.1 Å². The van der Waals surface area contributed by atoms with Gasteiger partial charge in [0.25, 0.3) is 5.91 Å². The number of likely N-dealkylation sites (tertiary alicyclic amines) is 1. The molecule has 0 unspecified atom stereocenters. The second-order valence-corrected chi connectivity index (χ2v) is 20.8. The lowest BCUT2D eigenvalue weighted by molar-refractivity contribution is -0.192. The maximum atomic E-state index is 14.1. The number of carboxylic acids is 1. The van der Waals surface area contributed by atoms with Gasteiger partial charge in [-0.2, -0.15) is 13.2 Å². The number of benzene rings is 3. The number of carbonyl (C=O) groups excluding carboxylic acids is 2. The van der Waals surface area contributed by atoms with E-state index in [4.69, 9.17) is 26.5 Å². The number of hydrogen-bond acceptors (Lipinski definition) is 13. The van der Waals surface area contributed by atoms with Gasteiger partial charge in [-0.25, -0.2) is 4.79 Å². The van der Waals surface area contributed by atoms with Crippen LogP contribution in [0.3, 0.4) is 0 Å². The van der Waals surface area contributed by atoms with Crippen molar-refractivity contribution in [2.24, 2.45) is 10.9 Å². The molecule has 0 spiro atoms. The topological polar surface area (TPSA) is 207 Å². The number of hydrogen-bond donors (Lipinski definition) is 4. The van der Waals surface area contributed by atoms with E-state index in [1.165, 1.54) is 16.5 Å². The Morgan fingerprint density at radius 1 is 0.851 bits per heavy atom. The van der Waals surface area contributed by atoms with Crippen LogP contribution in [0.5, 0.6) is 11.5 Å². The summed E-state index contributed by atoms with van der Waals surface area (Å²) in [5.41, 5.74) is 6.89. The number of piperidine rings is 1. The number of piperazine rings is 1. The number of amides is 2. The Balaban J connectivity index is 0.000000972. The van der Waals surface area contributed by atoms with E-state index < -0.39 is 18.2 Å². The first-order chi connectivity index (χ1) is 35.2. The molecular weight excluding hydrogens is 999 g/mol. The van der Waals surface area contributed by atoms with Crippen LogP contribution in [0.25, 0.3) is 22.1 Å². The molecule has 0 saturated carbocycles. The Morgan fingerprint density at radius 3 is 2.12 bits per heavy atom. The number of fused-ring (bicyclic) bond motifs is 3. The third kappa shape index (κ3) is 11.8. The van der Waals surface area contributed by atoms with Gasteiger partial charge in [0.2, 0.25) is 11.7 Å². The van der Waals surface area contributed by atoms with Crippen molar-refractivity contribution in [2.45, 2.75) is 92.0 Å². The summed E-state index contributed by atoms with van der Waals surface area (Å²) < 4.78 is 35.5. The highest BCUT2D eigenvalue weighted by molar-refractivity contribution is 7.15.